The minimum atomic E-state index is -3.85. The van der Waals surface area contributed by atoms with Crippen LogP contribution in [-0.4, -0.2) is 43.0 Å². The van der Waals surface area contributed by atoms with Gasteiger partial charge in [-0.2, -0.15) is 0 Å². The summed E-state index contributed by atoms with van der Waals surface area (Å²) >= 11 is 12.1. The van der Waals surface area contributed by atoms with Crippen molar-refractivity contribution in [3.63, 3.8) is 0 Å². The van der Waals surface area contributed by atoms with Crippen LogP contribution in [0.1, 0.15) is 59.1 Å². The van der Waals surface area contributed by atoms with Crippen LogP contribution in [0.4, 0.5) is 22.7 Å². The van der Waals surface area contributed by atoms with Crippen molar-refractivity contribution in [3.8, 4) is 0 Å². The molecular formula is C38H46Cl2N4O4S2. The van der Waals surface area contributed by atoms with E-state index in [0.717, 1.165) is 72.5 Å². The zero-order chi connectivity index (χ0) is 36.4. The molecule has 2 aliphatic heterocycles. The molecule has 0 atom stereocenters. The number of nitrogens with one attached hydrogen (secondary N) is 2. The monoisotopic (exact) mass is 756 g/mol. The number of benzene rings is 4. The van der Waals surface area contributed by atoms with E-state index < -0.39 is 20.0 Å². The molecule has 0 bridgehead atoms. The van der Waals surface area contributed by atoms with Gasteiger partial charge in [-0.15, -0.1) is 0 Å². The third kappa shape index (κ3) is 8.20. The first-order chi connectivity index (χ1) is 23.6. The highest BCUT2D eigenvalue weighted by molar-refractivity contribution is 7.93. The van der Waals surface area contributed by atoms with Gasteiger partial charge in [0, 0.05) is 42.6 Å². The predicted molar refractivity (Wildman–Crippen MR) is 209 cm³/mol. The quantitative estimate of drug-likeness (QED) is 0.186. The Bertz CT molecular complexity index is 2100. The van der Waals surface area contributed by atoms with E-state index in [2.05, 4.69) is 39.2 Å². The molecule has 2 heterocycles. The zero-order valence-corrected chi connectivity index (χ0v) is 32.7. The van der Waals surface area contributed by atoms with Crippen molar-refractivity contribution in [2.24, 2.45) is 0 Å². The van der Waals surface area contributed by atoms with E-state index in [1.807, 2.05) is 39.8 Å². The van der Waals surface area contributed by atoms with Gasteiger partial charge in [0.05, 0.1) is 21.3 Å². The first kappa shape index (κ1) is 37.8. The van der Waals surface area contributed by atoms with Gasteiger partial charge < -0.3 is 9.80 Å². The minimum absolute atomic E-state index is 0.0197. The Labute approximate surface area is 307 Å². The summed E-state index contributed by atoms with van der Waals surface area (Å²) in [5.41, 5.74) is 9.73. The Morgan fingerprint density at radius 3 is 1.46 bits per heavy atom. The molecule has 6 rings (SSSR count). The minimum Gasteiger partial charge on any atom is -0.371 e. The van der Waals surface area contributed by atoms with E-state index >= 15 is 0 Å². The van der Waals surface area contributed by atoms with Crippen LogP contribution >= 0.6 is 23.2 Å². The Kier molecular flexibility index (Phi) is 11.7. The highest BCUT2D eigenvalue weighted by Crippen LogP contribution is 2.38. The van der Waals surface area contributed by atoms with E-state index in [-0.39, 0.29) is 14.8 Å². The van der Waals surface area contributed by atoms with Gasteiger partial charge in [0.2, 0.25) is 0 Å². The predicted octanol–water partition coefficient (Wildman–Crippen LogP) is 9.33. The van der Waals surface area contributed by atoms with Crippen molar-refractivity contribution in [1.82, 2.24) is 0 Å². The van der Waals surface area contributed by atoms with Crippen LogP contribution in [-0.2, 0) is 20.0 Å². The molecule has 0 spiro atoms. The normalized spacial score (nSPS) is 14.8. The van der Waals surface area contributed by atoms with Gasteiger partial charge in [-0.3, -0.25) is 9.44 Å². The summed E-state index contributed by atoms with van der Waals surface area (Å²) in [5, 5.41) is 0.467. The Balaban J connectivity index is 0.000000195. The smallest absolute Gasteiger partial charge is 0.263 e. The maximum Gasteiger partial charge on any atom is 0.263 e. The van der Waals surface area contributed by atoms with E-state index in [9.17, 15) is 16.8 Å². The fourth-order valence-electron chi connectivity index (χ4n) is 7.18. The average Bonchev–Trinajstić information content (AvgIpc) is 3.79. The lowest BCUT2D eigenvalue weighted by Gasteiger charge is -2.26. The van der Waals surface area contributed by atoms with Gasteiger partial charge in [-0.25, -0.2) is 16.8 Å². The Morgan fingerprint density at radius 1 is 0.560 bits per heavy atom. The average molecular weight is 758 g/mol. The van der Waals surface area contributed by atoms with Crippen LogP contribution in [0.15, 0.2) is 70.5 Å². The number of anilines is 4. The number of rotatable bonds is 8. The van der Waals surface area contributed by atoms with E-state index in [1.165, 1.54) is 36.2 Å². The molecule has 0 unspecified atom stereocenters. The van der Waals surface area contributed by atoms with Crippen LogP contribution in [0, 0.1) is 41.5 Å². The van der Waals surface area contributed by atoms with Crippen molar-refractivity contribution in [2.45, 2.75) is 77.0 Å². The highest BCUT2D eigenvalue weighted by Gasteiger charge is 2.25. The summed E-state index contributed by atoms with van der Waals surface area (Å²) in [6.07, 6.45) is 4.70. The zero-order valence-electron chi connectivity index (χ0n) is 29.5. The standard InChI is InChI=1S/C19H22Cl2N2O2S.C19H24N2O2S/c1-12-10-13(2)19(23-8-4-5-9-23)14(3)18(12)22-26(24,25)17-11-15(20)6-7-16(17)21;1-14-13-15(2)19(21-11-7-8-12-21)16(3)18(14)20-24(22,23)17-9-5-4-6-10-17/h6-7,10-11,22H,4-5,8-9H2,1-3H3;4-6,9-10,13,20H,7-8,11-12H2,1-3H3. The molecule has 0 aliphatic carbocycles. The second-order valence-electron chi connectivity index (χ2n) is 13.2. The molecule has 0 saturated carbocycles. The van der Waals surface area contributed by atoms with E-state index in [4.69, 9.17) is 23.2 Å². The molecular weight excluding hydrogens is 711 g/mol. The molecule has 0 aromatic heterocycles. The van der Waals surface area contributed by atoms with Crippen LogP contribution in [0.3, 0.4) is 0 Å². The summed E-state index contributed by atoms with van der Waals surface area (Å²) < 4.78 is 56.8. The molecule has 2 N–H and O–H groups in total. The summed E-state index contributed by atoms with van der Waals surface area (Å²) in [6.45, 7) is 16.1. The number of hydrogen-bond acceptors (Lipinski definition) is 6. The first-order valence-corrected chi connectivity index (χ1v) is 20.6. The number of aryl methyl sites for hydroxylation is 4. The van der Waals surface area contributed by atoms with Crippen molar-refractivity contribution in [2.75, 3.05) is 45.4 Å². The molecule has 2 fully saturated rings. The summed E-state index contributed by atoms with van der Waals surface area (Å²) in [7, 11) is -7.43. The molecule has 50 heavy (non-hydrogen) atoms. The molecule has 4 aromatic carbocycles. The van der Waals surface area contributed by atoms with Gasteiger partial charge in [-0.05, 0) is 131 Å². The Morgan fingerprint density at radius 2 is 1.00 bits per heavy atom. The summed E-state index contributed by atoms with van der Waals surface area (Å²) in [4.78, 5) is 4.96. The van der Waals surface area contributed by atoms with E-state index in [1.54, 1.807) is 30.3 Å². The number of sulfonamides is 2. The molecule has 268 valence electrons. The summed E-state index contributed by atoms with van der Waals surface area (Å²) in [5.74, 6) is 0. The van der Waals surface area contributed by atoms with Gasteiger partial charge >= 0.3 is 0 Å². The summed E-state index contributed by atoms with van der Waals surface area (Å²) in [6, 6.07) is 17.0. The van der Waals surface area contributed by atoms with Crippen LogP contribution in [0.25, 0.3) is 0 Å². The second-order valence-corrected chi connectivity index (χ2v) is 17.4. The van der Waals surface area contributed by atoms with Crippen molar-refractivity contribution in [3.05, 3.63) is 104 Å². The third-order valence-corrected chi connectivity index (χ3v) is 12.8. The van der Waals surface area contributed by atoms with Gasteiger partial charge in [0.15, 0.2) is 0 Å². The molecule has 4 aromatic rings. The number of hydrogen-bond donors (Lipinski definition) is 2. The molecule has 0 amide bonds. The fraction of sp³-hybridized carbons (Fsp3) is 0.368. The van der Waals surface area contributed by atoms with Crippen molar-refractivity contribution in [1.29, 1.82) is 0 Å². The van der Waals surface area contributed by atoms with Gasteiger partial charge in [0.1, 0.15) is 4.90 Å². The molecule has 12 heteroatoms. The topological polar surface area (TPSA) is 98.8 Å². The van der Waals surface area contributed by atoms with Crippen LogP contribution in [0.2, 0.25) is 10.0 Å². The first-order valence-electron chi connectivity index (χ1n) is 16.9. The molecule has 8 nitrogen and oxygen atoms in total. The highest BCUT2D eigenvalue weighted by atomic mass is 35.5. The maximum absolute atomic E-state index is 12.9. The van der Waals surface area contributed by atoms with E-state index in [0.29, 0.717) is 16.4 Å². The van der Waals surface area contributed by atoms with Crippen molar-refractivity contribution >= 4 is 66.0 Å². The lowest BCUT2D eigenvalue weighted by molar-refractivity contribution is 0.599. The number of nitrogens with zero attached hydrogens (tertiary/aromatic N) is 2. The molecule has 2 saturated heterocycles. The lowest BCUT2D eigenvalue weighted by Crippen LogP contribution is -2.22. The van der Waals surface area contributed by atoms with Crippen LogP contribution in [0.5, 0.6) is 0 Å². The SMILES string of the molecule is Cc1cc(C)c(N2CCCC2)c(C)c1NS(=O)(=O)c1cc(Cl)ccc1Cl.Cc1cc(C)c(N2CCCC2)c(C)c1NS(=O)(=O)c1ccccc1. The molecule has 2 aliphatic rings. The lowest BCUT2D eigenvalue weighted by atomic mass is 10.0. The Hall–Kier alpha value is -3.44. The maximum atomic E-state index is 12.9. The third-order valence-electron chi connectivity index (χ3n) is 9.42. The van der Waals surface area contributed by atoms with Crippen molar-refractivity contribution < 1.29 is 16.8 Å². The molecule has 0 radical (unpaired) electrons. The van der Waals surface area contributed by atoms with Gasteiger partial charge in [-0.1, -0.05) is 53.5 Å². The number of halogens is 2. The fourth-order valence-corrected chi connectivity index (χ4v) is 10.4. The van der Waals surface area contributed by atoms with Gasteiger partial charge in [0.25, 0.3) is 20.0 Å². The largest absolute Gasteiger partial charge is 0.371 e. The van der Waals surface area contributed by atoms with Crippen LogP contribution < -0.4 is 19.2 Å². The second kappa shape index (κ2) is 15.4.